The zero-order valence-electron chi connectivity index (χ0n) is 15.4. The Morgan fingerprint density at radius 1 is 1.07 bits per heavy atom. The summed E-state index contributed by atoms with van der Waals surface area (Å²) in [7, 11) is 0. The highest BCUT2D eigenvalue weighted by molar-refractivity contribution is 5.98. The Morgan fingerprint density at radius 3 is 2.52 bits per heavy atom. The summed E-state index contributed by atoms with van der Waals surface area (Å²) in [5.74, 6) is -0.150. The fourth-order valence-corrected chi connectivity index (χ4v) is 2.98. The Balaban J connectivity index is 0.00000261. The van der Waals surface area contributed by atoms with E-state index in [9.17, 15) is 4.79 Å². The smallest absolute Gasteiger partial charge is 0.244 e. The van der Waals surface area contributed by atoms with E-state index in [1.54, 1.807) is 0 Å². The number of benzene rings is 2. The molecule has 0 bridgehead atoms. The van der Waals surface area contributed by atoms with Crippen molar-refractivity contribution in [2.45, 2.75) is 31.4 Å². The molecule has 146 valence electrons. The molecular formula is C21H27ClN2O3. The fourth-order valence-electron chi connectivity index (χ4n) is 2.98. The van der Waals surface area contributed by atoms with Crippen LogP contribution in [0.3, 0.4) is 0 Å². The number of nitrogens with one attached hydrogen (secondary N) is 1. The maximum atomic E-state index is 12.5. The summed E-state index contributed by atoms with van der Waals surface area (Å²) in [4.78, 5) is 12.5. The van der Waals surface area contributed by atoms with Crippen LogP contribution in [0.2, 0.25) is 0 Å². The van der Waals surface area contributed by atoms with E-state index >= 15 is 0 Å². The van der Waals surface area contributed by atoms with Crippen molar-refractivity contribution in [1.82, 2.24) is 0 Å². The lowest BCUT2D eigenvalue weighted by atomic mass is 9.90. The van der Waals surface area contributed by atoms with Crippen LogP contribution in [0.25, 0.3) is 0 Å². The van der Waals surface area contributed by atoms with Crippen molar-refractivity contribution >= 4 is 24.0 Å². The lowest BCUT2D eigenvalue weighted by Gasteiger charge is -2.31. The van der Waals surface area contributed by atoms with Gasteiger partial charge in [-0.25, -0.2) is 0 Å². The second-order valence-electron chi connectivity index (χ2n) is 6.71. The Hall–Kier alpha value is -1.92. The predicted molar refractivity (Wildman–Crippen MR) is 109 cm³/mol. The molecule has 6 heteroatoms. The minimum absolute atomic E-state index is 0. The van der Waals surface area contributed by atoms with E-state index in [1.165, 1.54) is 5.56 Å². The standard InChI is InChI=1S/C21H26N2O3.ClH/c22-21(10-13-25-14-11-21)20(24)23-19-8-4-7-18(15-19)16-26-12-9-17-5-2-1-3-6-17;/h1-8,15H,9-14,16,22H2,(H,23,24);1H. The average Bonchev–Trinajstić information content (AvgIpc) is 2.67. The summed E-state index contributed by atoms with van der Waals surface area (Å²) in [6.45, 7) is 2.23. The van der Waals surface area contributed by atoms with Crippen molar-refractivity contribution in [2.75, 3.05) is 25.1 Å². The second-order valence-corrected chi connectivity index (χ2v) is 6.71. The molecule has 1 fully saturated rings. The minimum atomic E-state index is -0.847. The van der Waals surface area contributed by atoms with E-state index in [0.29, 0.717) is 39.3 Å². The van der Waals surface area contributed by atoms with E-state index in [4.69, 9.17) is 15.2 Å². The molecule has 0 saturated carbocycles. The molecular weight excluding hydrogens is 364 g/mol. The van der Waals surface area contributed by atoms with Crippen molar-refractivity contribution in [3.05, 3.63) is 65.7 Å². The van der Waals surface area contributed by atoms with Gasteiger partial charge in [-0.05, 0) is 42.5 Å². The molecule has 2 aromatic carbocycles. The highest BCUT2D eigenvalue weighted by atomic mass is 35.5. The second kappa shape index (κ2) is 10.4. The van der Waals surface area contributed by atoms with Gasteiger partial charge in [0.15, 0.2) is 0 Å². The molecule has 2 aromatic rings. The fraction of sp³-hybridized carbons (Fsp3) is 0.381. The van der Waals surface area contributed by atoms with E-state index < -0.39 is 5.54 Å². The quantitative estimate of drug-likeness (QED) is 0.711. The molecule has 1 amide bonds. The first kappa shape index (κ1) is 21.4. The Kier molecular flexibility index (Phi) is 8.25. The van der Waals surface area contributed by atoms with Gasteiger partial charge in [0.2, 0.25) is 5.91 Å². The van der Waals surface area contributed by atoms with Gasteiger partial charge in [0.05, 0.1) is 13.2 Å². The molecule has 0 aromatic heterocycles. The summed E-state index contributed by atoms with van der Waals surface area (Å²) in [5, 5.41) is 2.93. The van der Waals surface area contributed by atoms with Crippen LogP contribution in [-0.2, 0) is 27.3 Å². The van der Waals surface area contributed by atoms with Crippen LogP contribution in [0.5, 0.6) is 0 Å². The largest absolute Gasteiger partial charge is 0.381 e. The summed E-state index contributed by atoms with van der Waals surface area (Å²) in [6.07, 6.45) is 1.97. The Labute approximate surface area is 166 Å². The summed E-state index contributed by atoms with van der Waals surface area (Å²) >= 11 is 0. The van der Waals surface area contributed by atoms with E-state index in [0.717, 1.165) is 17.7 Å². The van der Waals surface area contributed by atoms with Crippen molar-refractivity contribution in [1.29, 1.82) is 0 Å². The van der Waals surface area contributed by atoms with E-state index in [2.05, 4.69) is 17.4 Å². The number of nitrogens with two attached hydrogens (primary N) is 1. The third kappa shape index (κ3) is 6.33. The molecule has 0 aliphatic carbocycles. The zero-order chi connectivity index (χ0) is 18.2. The molecule has 1 aliphatic heterocycles. The van der Waals surface area contributed by atoms with Crippen molar-refractivity contribution < 1.29 is 14.3 Å². The number of ether oxygens (including phenoxy) is 2. The first-order chi connectivity index (χ1) is 12.7. The van der Waals surface area contributed by atoms with E-state index in [1.807, 2.05) is 42.5 Å². The maximum absolute atomic E-state index is 12.5. The monoisotopic (exact) mass is 390 g/mol. The minimum Gasteiger partial charge on any atom is -0.381 e. The first-order valence-electron chi connectivity index (χ1n) is 9.04. The number of rotatable bonds is 7. The van der Waals surface area contributed by atoms with Gasteiger partial charge in [0.25, 0.3) is 0 Å². The number of hydrogen-bond donors (Lipinski definition) is 2. The molecule has 3 rings (SSSR count). The van der Waals surface area contributed by atoms with Crippen LogP contribution >= 0.6 is 12.4 Å². The lowest BCUT2D eigenvalue weighted by molar-refractivity contribution is -0.124. The maximum Gasteiger partial charge on any atom is 0.244 e. The highest BCUT2D eigenvalue weighted by Gasteiger charge is 2.35. The third-order valence-electron chi connectivity index (χ3n) is 4.67. The Morgan fingerprint density at radius 2 is 1.78 bits per heavy atom. The van der Waals surface area contributed by atoms with Crippen molar-refractivity contribution in [3.8, 4) is 0 Å². The molecule has 0 atom stereocenters. The van der Waals surface area contributed by atoms with Crippen LogP contribution in [-0.4, -0.2) is 31.3 Å². The van der Waals surface area contributed by atoms with Gasteiger partial charge in [-0.15, -0.1) is 12.4 Å². The number of carbonyl (C=O) groups excluding carboxylic acids is 1. The van der Waals surface area contributed by atoms with Crippen LogP contribution in [0.15, 0.2) is 54.6 Å². The molecule has 1 saturated heterocycles. The first-order valence-corrected chi connectivity index (χ1v) is 9.04. The number of anilines is 1. The van der Waals surface area contributed by atoms with Gasteiger partial charge >= 0.3 is 0 Å². The molecule has 1 heterocycles. The van der Waals surface area contributed by atoms with Crippen LogP contribution < -0.4 is 11.1 Å². The lowest BCUT2D eigenvalue weighted by Crippen LogP contribution is -2.54. The summed E-state index contributed by atoms with van der Waals surface area (Å²) in [6, 6.07) is 18.0. The molecule has 3 N–H and O–H groups in total. The number of amides is 1. The molecule has 27 heavy (non-hydrogen) atoms. The third-order valence-corrected chi connectivity index (χ3v) is 4.67. The van der Waals surface area contributed by atoms with Gasteiger partial charge in [-0.1, -0.05) is 42.5 Å². The SMILES string of the molecule is Cl.NC1(C(=O)Nc2cccc(COCCc3ccccc3)c2)CCOCC1. The van der Waals surface area contributed by atoms with Gasteiger partial charge in [0, 0.05) is 18.9 Å². The summed E-state index contributed by atoms with van der Waals surface area (Å²) in [5.41, 5.74) is 8.41. The van der Waals surface area contributed by atoms with Crippen LogP contribution in [0.4, 0.5) is 5.69 Å². The molecule has 0 radical (unpaired) electrons. The van der Waals surface area contributed by atoms with Gasteiger partial charge in [0.1, 0.15) is 5.54 Å². The summed E-state index contributed by atoms with van der Waals surface area (Å²) < 4.78 is 11.1. The van der Waals surface area contributed by atoms with Gasteiger partial charge in [-0.2, -0.15) is 0 Å². The highest BCUT2D eigenvalue weighted by Crippen LogP contribution is 2.21. The van der Waals surface area contributed by atoms with Gasteiger partial charge in [-0.3, -0.25) is 4.79 Å². The van der Waals surface area contributed by atoms with Crippen molar-refractivity contribution in [3.63, 3.8) is 0 Å². The Bertz CT molecular complexity index is 718. The van der Waals surface area contributed by atoms with Gasteiger partial charge < -0.3 is 20.5 Å². The number of carbonyl (C=O) groups is 1. The number of hydrogen-bond acceptors (Lipinski definition) is 4. The topological polar surface area (TPSA) is 73.6 Å². The molecule has 0 spiro atoms. The van der Waals surface area contributed by atoms with Crippen molar-refractivity contribution in [2.24, 2.45) is 5.73 Å². The zero-order valence-corrected chi connectivity index (χ0v) is 16.2. The molecule has 1 aliphatic rings. The molecule has 0 unspecified atom stereocenters. The average molecular weight is 391 g/mol. The number of halogens is 1. The predicted octanol–water partition coefficient (Wildman–Crippen LogP) is 3.31. The molecule has 5 nitrogen and oxygen atoms in total. The van der Waals surface area contributed by atoms with Crippen LogP contribution in [0, 0.1) is 0 Å². The van der Waals surface area contributed by atoms with Crippen LogP contribution in [0.1, 0.15) is 24.0 Å². The normalized spacial score (nSPS) is 15.6. The van der Waals surface area contributed by atoms with E-state index in [-0.39, 0.29) is 18.3 Å².